The Bertz CT molecular complexity index is 398. The van der Waals surface area contributed by atoms with Crippen LogP contribution in [0.3, 0.4) is 0 Å². The van der Waals surface area contributed by atoms with Crippen LogP contribution in [-0.4, -0.2) is 45.2 Å². The van der Waals surface area contributed by atoms with Crippen LogP contribution in [0, 0.1) is 0 Å². The van der Waals surface area contributed by atoms with Crippen molar-refractivity contribution in [2.45, 2.75) is 13.0 Å². The predicted octanol–water partition coefficient (Wildman–Crippen LogP) is 3.00. The Morgan fingerprint density at radius 2 is 2.00 bits per heavy atom. The molecule has 0 spiro atoms. The van der Waals surface area contributed by atoms with E-state index >= 15 is 0 Å². The third kappa shape index (κ3) is 7.31. The minimum atomic E-state index is 0. The molecule has 20 heavy (non-hydrogen) atoms. The molecule has 6 heteroatoms. The molecule has 0 bridgehead atoms. The number of ether oxygens (including phenoxy) is 1. The van der Waals surface area contributed by atoms with E-state index in [1.807, 2.05) is 31.3 Å². The van der Waals surface area contributed by atoms with Crippen molar-refractivity contribution in [2.24, 2.45) is 4.99 Å². The molecular weight excluding hydrogens is 389 g/mol. The molecule has 0 aliphatic heterocycles. The zero-order chi connectivity index (χ0) is 14.1. The number of methoxy groups -OCH3 is 1. The molecule has 1 rings (SSSR count). The molecule has 0 unspecified atom stereocenters. The highest BCUT2D eigenvalue weighted by atomic mass is 127. The summed E-state index contributed by atoms with van der Waals surface area (Å²) in [6, 6.07) is 7.85. The second kappa shape index (κ2) is 11.2. The molecular formula is C14H23ClIN3O. The average Bonchev–Trinajstić information content (AvgIpc) is 2.41. The van der Waals surface area contributed by atoms with E-state index in [-0.39, 0.29) is 24.0 Å². The summed E-state index contributed by atoms with van der Waals surface area (Å²) in [5.41, 5.74) is 1.20. The molecule has 1 aromatic rings. The van der Waals surface area contributed by atoms with E-state index in [1.54, 1.807) is 14.2 Å². The topological polar surface area (TPSA) is 36.9 Å². The third-order valence-corrected chi connectivity index (χ3v) is 2.97. The Labute approximate surface area is 143 Å². The summed E-state index contributed by atoms with van der Waals surface area (Å²) < 4.78 is 5.02. The van der Waals surface area contributed by atoms with E-state index in [1.165, 1.54) is 5.56 Å². The fourth-order valence-electron chi connectivity index (χ4n) is 1.74. The first-order valence-corrected chi connectivity index (χ1v) is 6.70. The third-order valence-electron chi connectivity index (χ3n) is 2.71. The van der Waals surface area contributed by atoms with E-state index in [4.69, 9.17) is 16.3 Å². The van der Waals surface area contributed by atoms with Gasteiger partial charge in [-0.1, -0.05) is 23.7 Å². The van der Waals surface area contributed by atoms with Crippen LogP contribution >= 0.6 is 35.6 Å². The first-order valence-electron chi connectivity index (χ1n) is 6.32. The number of rotatable bonds is 6. The summed E-state index contributed by atoms with van der Waals surface area (Å²) in [6.07, 6.45) is 0.963. The quantitative estimate of drug-likeness (QED) is 0.338. The van der Waals surface area contributed by atoms with Gasteiger partial charge in [-0.25, -0.2) is 0 Å². The number of hydrogen-bond acceptors (Lipinski definition) is 2. The minimum absolute atomic E-state index is 0. The van der Waals surface area contributed by atoms with Gasteiger partial charge in [0.25, 0.3) is 0 Å². The number of guanidine groups is 1. The normalized spacial score (nSPS) is 10.9. The van der Waals surface area contributed by atoms with Crippen LogP contribution in [-0.2, 0) is 11.3 Å². The number of nitrogens with zero attached hydrogens (tertiary/aromatic N) is 2. The summed E-state index contributed by atoms with van der Waals surface area (Å²) in [5, 5.41) is 4.06. The Morgan fingerprint density at radius 1 is 1.35 bits per heavy atom. The van der Waals surface area contributed by atoms with Crippen LogP contribution in [0.1, 0.15) is 12.0 Å². The van der Waals surface area contributed by atoms with Crippen molar-refractivity contribution in [3.8, 4) is 0 Å². The molecule has 0 aromatic heterocycles. The van der Waals surface area contributed by atoms with Crippen molar-refractivity contribution in [1.82, 2.24) is 10.2 Å². The molecule has 0 aliphatic rings. The largest absolute Gasteiger partial charge is 0.385 e. The van der Waals surface area contributed by atoms with Gasteiger partial charge in [-0.05, 0) is 24.1 Å². The van der Waals surface area contributed by atoms with Crippen molar-refractivity contribution in [3.05, 3.63) is 34.9 Å². The maximum absolute atomic E-state index is 5.87. The number of halogens is 2. The summed E-state index contributed by atoms with van der Waals surface area (Å²) in [6.45, 7) is 2.40. The minimum Gasteiger partial charge on any atom is -0.385 e. The summed E-state index contributed by atoms with van der Waals surface area (Å²) in [4.78, 5) is 6.34. The molecule has 0 radical (unpaired) electrons. The number of nitrogens with one attached hydrogen (secondary N) is 1. The fourth-order valence-corrected chi connectivity index (χ4v) is 1.87. The highest BCUT2D eigenvalue weighted by Crippen LogP contribution is 2.10. The van der Waals surface area contributed by atoms with E-state index in [0.717, 1.165) is 37.1 Å². The molecule has 4 nitrogen and oxygen atoms in total. The van der Waals surface area contributed by atoms with E-state index in [2.05, 4.69) is 15.2 Å². The van der Waals surface area contributed by atoms with Crippen LogP contribution in [0.4, 0.5) is 0 Å². The van der Waals surface area contributed by atoms with Crippen molar-refractivity contribution in [1.29, 1.82) is 0 Å². The first-order chi connectivity index (χ1) is 9.17. The van der Waals surface area contributed by atoms with Crippen LogP contribution in [0.15, 0.2) is 29.3 Å². The fraction of sp³-hybridized carbons (Fsp3) is 0.500. The summed E-state index contributed by atoms with van der Waals surface area (Å²) in [5.74, 6) is 0.881. The lowest BCUT2D eigenvalue weighted by Crippen LogP contribution is -2.39. The van der Waals surface area contributed by atoms with E-state index < -0.39 is 0 Å². The van der Waals surface area contributed by atoms with Gasteiger partial charge >= 0.3 is 0 Å². The molecule has 0 saturated heterocycles. The lowest BCUT2D eigenvalue weighted by molar-refractivity contribution is 0.195. The molecule has 0 heterocycles. The first kappa shape index (κ1) is 19.5. The maximum Gasteiger partial charge on any atom is 0.193 e. The SMILES string of the molecule is CN=C(NCCCOC)N(C)Cc1ccc(Cl)cc1.I. The molecule has 0 fully saturated rings. The van der Waals surface area contributed by atoms with Gasteiger partial charge in [-0.3, -0.25) is 4.99 Å². The summed E-state index contributed by atoms with van der Waals surface area (Å²) >= 11 is 5.87. The Kier molecular flexibility index (Phi) is 10.9. The average molecular weight is 412 g/mol. The lowest BCUT2D eigenvalue weighted by Gasteiger charge is -2.22. The van der Waals surface area contributed by atoms with Crippen molar-refractivity contribution in [3.63, 3.8) is 0 Å². The van der Waals surface area contributed by atoms with Crippen LogP contribution in [0.25, 0.3) is 0 Å². The maximum atomic E-state index is 5.87. The van der Waals surface area contributed by atoms with Crippen molar-refractivity contribution in [2.75, 3.05) is 34.4 Å². The molecule has 0 amide bonds. The second-order valence-electron chi connectivity index (χ2n) is 4.30. The van der Waals surface area contributed by atoms with Gasteiger partial charge in [-0.2, -0.15) is 0 Å². The summed E-state index contributed by atoms with van der Waals surface area (Å²) in [7, 11) is 5.51. The van der Waals surface area contributed by atoms with Gasteiger partial charge in [0.05, 0.1) is 0 Å². The monoisotopic (exact) mass is 411 g/mol. The molecule has 114 valence electrons. The van der Waals surface area contributed by atoms with E-state index in [9.17, 15) is 0 Å². The van der Waals surface area contributed by atoms with Gasteiger partial charge < -0.3 is 15.0 Å². The van der Waals surface area contributed by atoms with Gasteiger partial charge in [0.2, 0.25) is 0 Å². The Morgan fingerprint density at radius 3 is 2.55 bits per heavy atom. The van der Waals surface area contributed by atoms with Gasteiger partial charge in [0, 0.05) is 45.9 Å². The molecule has 0 aliphatic carbocycles. The zero-order valence-corrected chi connectivity index (χ0v) is 15.3. The zero-order valence-electron chi connectivity index (χ0n) is 12.2. The molecule has 0 saturated carbocycles. The van der Waals surface area contributed by atoms with Crippen LogP contribution in [0.5, 0.6) is 0 Å². The molecule has 1 aromatic carbocycles. The van der Waals surface area contributed by atoms with Gasteiger partial charge in [0.1, 0.15) is 0 Å². The van der Waals surface area contributed by atoms with Gasteiger partial charge in [0.15, 0.2) is 5.96 Å². The van der Waals surface area contributed by atoms with Crippen molar-refractivity contribution < 1.29 is 4.74 Å². The van der Waals surface area contributed by atoms with E-state index in [0.29, 0.717) is 0 Å². The number of hydrogen-bond donors (Lipinski definition) is 1. The van der Waals surface area contributed by atoms with Gasteiger partial charge in [-0.15, -0.1) is 24.0 Å². The molecule has 1 N–H and O–H groups in total. The standard InChI is InChI=1S/C14H22ClN3O.HI/c1-16-14(17-9-4-10-19-3)18(2)11-12-5-7-13(15)8-6-12;/h5-8H,4,9-11H2,1-3H3,(H,16,17);1H. The van der Waals surface area contributed by atoms with Crippen LogP contribution < -0.4 is 5.32 Å². The highest BCUT2D eigenvalue weighted by Gasteiger charge is 2.05. The predicted molar refractivity (Wildman–Crippen MR) is 96.2 cm³/mol. The van der Waals surface area contributed by atoms with Crippen LogP contribution in [0.2, 0.25) is 5.02 Å². The molecule has 0 atom stereocenters. The number of benzene rings is 1. The Hall–Kier alpha value is -0.530. The van der Waals surface area contributed by atoms with Crippen molar-refractivity contribution >= 4 is 41.5 Å². The Balaban J connectivity index is 0.00000361. The lowest BCUT2D eigenvalue weighted by atomic mass is 10.2. The second-order valence-corrected chi connectivity index (χ2v) is 4.74. The smallest absolute Gasteiger partial charge is 0.193 e. The highest BCUT2D eigenvalue weighted by molar-refractivity contribution is 14.0. The number of aliphatic imine (C=N–C) groups is 1.